The van der Waals surface area contributed by atoms with Crippen LogP contribution < -0.4 is 0 Å². The minimum absolute atomic E-state index is 0.100. The number of aryl methyl sites for hydroxylation is 1. The number of hydrogen-bond acceptors (Lipinski definition) is 3. The average Bonchev–Trinajstić information content (AvgIpc) is 2.29. The molecule has 0 saturated heterocycles. The van der Waals surface area contributed by atoms with Gasteiger partial charge in [0.05, 0.1) is 5.56 Å². The zero-order valence-corrected chi connectivity index (χ0v) is 8.75. The number of aromatic nitrogens is 1. The van der Waals surface area contributed by atoms with Crippen LogP contribution in [0.3, 0.4) is 0 Å². The Balaban J connectivity index is 2.65. The Morgan fingerprint density at radius 1 is 1.12 bits per heavy atom. The Bertz CT molecular complexity index is 538. The fourth-order valence-corrected chi connectivity index (χ4v) is 1.63. The first-order chi connectivity index (χ1) is 7.70. The molecule has 16 heavy (non-hydrogen) atoms. The summed E-state index contributed by atoms with van der Waals surface area (Å²) in [5.41, 5.74) is 2.41. The number of hydrogen-bond donors (Lipinski definition) is 0. The lowest BCUT2D eigenvalue weighted by Gasteiger charge is -2.05. The topological polar surface area (TPSA) is 56.0 Å². The standard InChI is InChI=1S/C12H10N2O2/c1-9-5-2-3-6-10(9)11-7-4-8-13-12(11)14(15)16/h2-8H,1H3. The molecule has 0 amide bonds. The molecule has 4 heteroatoms. The molecule has 1 heterocycles. The van der Waals surface area contributed by atoms with E-state index in [1.54, 1.807) is 12.1 Å². The maximum absolute atomic E-state index is 10.8. The van der Waals surface area contributed by atoms with E-state index in [2.05, 4.69) is 4.98 Å². The van der Waals surface area contributed by atoms with Crippen molar-refractivity contribution in [1.29, 1.82) is 0 Å². The highest BCUT2D eigenvalue weighted by Gasteiger charge is 2.16. The third-order valence-corrected chi connectivity index (χ3v) is 2.39. The van der Waals surface area contributed by atoms with Gasteiger partial charge in [0.1, 0.15) is 6.20 Å². The quantitative estimate of drug-likeness (QED) is 0.570. The molecule has 2 aromatic rings. The Hall–Kier alpha value is -2.23. The molecule has 0 unspecified atom stereocenters. The van der Waals surface area contributed by atoms with Crippen molar-refractivity contribution in [2.45, 2.75) is 6.92 Å². The summed E-state index contributed by atoms with van der Waals surface area (Å²) in [6.07, 6.45) is 1.43. The lowest BCUT2D eigenvalue weighted by atomic mass is 10.0. The normalized spacial score (nSPS) is 10.1. The molecule has 0 spiro atoms. The summed E-state index contributed by atoms with van der Waals surface area (Å²) in [5.74, 6) is -0.100. The van der Waals surface area contributed by atoms with Crippen LogP contribution in [0.1, 0.15) is 5.56 Å². The van der Waals surface area contributed by atoms with E-state index in [0.717, 1.165) is 11.1 Å². The van der Waals surface area contributed by atoms with Gasteiger partial charge >= 0.3 is 5.82 Å². The smallest absolute Gasteiger partial charge is 0.358 e. The van der Waals surface area contributed by atoms with Crippen LogP contribution in [-0.4, -0.2) is 9.91 Å². The van der Waals surface area contributed by atoms with Crippen molar-refractivity contribution in [1.82, 2.24) is 4.98 Å². The van der Waals surface area contributed by atoms with Gasteiger partial charge in [0.2, 0.25) is 0 Å². The van der Waals surface area contributed by atoms with Crippen molar-refractivity contribution in [3.05, 3.63) is 58.3 Å². The molecule has 0 aliphatic rings. The van der Waals surface area contributed by atoms with Crippen molar-refractivity contribution in [3.8, 4) is 11.1 Å². The van der Waals surface area contributed by atoms with Crippen molar-refractivity contribution < 1.29 is 4.92 Å². The highest BCUT2D eigenvalue weighted by atomic mass is 16.6. The summed E-state index contributed by atoms with van der Waals surface area (Å²) in [5, 5.41) is 10.8. The number of benzene rings is 1. The van der Waals surface area contributed by atoms with Crippen LogP contribution in [-0.2, 0) is 0 Å². The highest BCUT2D eigenvalue weighted by molar-refractivity contribution is 5.73. The van der Waals surface area contributed by atoms with Crippen LogP contribution in [0.4, 0.5) is 5.82 Å². The van der Waals surface area contributed by atoms with E-state index in [1.165, 1.54) is 6.20 Å². The van der Waals surface area contributed by atoms with E-state index in [9.17, 15) is 10.1 Å². The van der Waals surface area contributed by atoms with Gasteiger partial charge < -0.3 is 10.1 Å². The van der Waals surface area contributed by atoms with Gasteiger partial charge in [-0.3, -0.25) is 0 Å². The monoisotopic (exact) mass is 214 g/mol. The maximum atomic E-state index is 10.8. The fourth-order valence-electron chi connectivity index (χ4n) is 1.63. The molecule has 80 valence electrons. The van der Waals surface area contributed by atoms with Gasteiger partial charge in [0, 0.05) is 0 Å². The molecule has 0 aliphatic heterocycles. The number of nitrogens with zero attached hydrogens (tertiary/aromatic N) is 2. The first kappa shape index (κ1) is 10.3. The lowest BCUT2D eigenvalue weighted by Crippen LogP contribution is -1.95. The fraction of sp³-hybridized carbons (Fsp3) is 0.0833. The van der Waals surface area contributed by atoms with Crippen LogP contribution in [0.15, 0.2) is 42.6 Å². The zero-order chi connectivity index (χ0) is 11.5. The second-order valence-electron chi connectivity index (χ2n) is 3.45. The Labute approximate surface area is 92.7 Å². The zero-order valence-electron chi connectivity index (χ0n) is 8.75. The summed E-state index contributed by atoms with van der Waals surface area (Å²) >= 11 is 0. The molecule has 0 aliphatic carbocycles. The van der Waals surface area contributed by atoms with Crippen LogP contribution in [0, 0.1) is 17.0 Å². The van der Waals surface area contributed by atoms with Gasteiger partial charge in [-0.05, 0) is 40.1 Å². The molecule has 1 aromatic heterocycles. The molecule has 0 radical (unpaired) electrons. The Morgan fingerprint density at radius 2 is 1.81 bits per heavy atom. The van der Waals surface area contributed by atoms with E-state index in [1.807, 2.05) is 31.2 Å². The van der Waals surface area contributed by atoms with Gasteiger partial charge in [-0.25, -0.2) is 0 Å². The second kappa shape index (κ2) is 4.10. The van der Waals surface area contributed by atoms with Gasteiger partial charge in [0.25, 0.3) is 0 Å². The van der Waals surface area contributed by atoms with Crippen LogP contribution >= 0.6 is 0 Å². The molecule has 0 N–H and O–H groups in total. The number of nitro groups is 1. The predicted octanol–water partition coefficient (Wildman–Crippen LogP) is 2.97. The molecule has 0 fully saturated rings. The predicted molar refractivity (Wildman–Crippen MR) is 61.1 cm³/mol. The van der Waals surface area contributed by atoms with E-state index >= 15 is 0 Å². The third kappa shape index (κ3) is 1.77. The molecule has 1 aromatic carbocycles. The minimum atomic E-state index is -0.457. The molecule has 0 saturated carbocycles. The third-order valence-electron chi connectivity index (χ3n) is 2.39. The Kier molecular flexibility index (Phi) is 2.64. The first-order valence-corrected chi connectivity index (χ1v) is 4.85. The maximum Gasteiger partial charge on any atom is 0.371 e. The van der Waals surface area contributed by atoms with Crippen molar-refractivity contribution in [2.75, 3.05) is 0 Å². The summed E-state index contributed by atoms with van der Waals surface area (Å²) in [4.78, 5) is 14.2. The molecule has 2 rings (SSSR count). The van der Waals surface area contributed by atoms with Crippen LogP contribution in [0.5, 0.6) is 0 Å². The minimum Gasteiger partial charge on any atom is -0.358 e. The molecule has 4 nitrogen and oxygen atoms in total. The summed E-state index contributed by atoms with van der Waals surface area (Å²) in [7, 11) is 0. The molecular formula is C12H10N2O2. The molecule has 0 atom stereocenters. The molecular weight excluding hydrogens is 204 g/mol. The van der Waals surface area contributed by atoms with Gasteiger partial charge in [0.15, 0.2) is 0 Å². The summed E-state index contributed by atoms with van der Waals surface area (Å²) in [6.45, 7) is 1.92. The van der Waals surface area contributed by atoms with E-state index in [-0.39, 0.29) is 5.82 Å². The Morgan fingerprint density at radius 3 is 2.50 bits per heavy atom. The first-order valence-electron chi connectivity index (χ1n) is 4.85. The molecule has 0 bridgehead atoms. The van der Waals surface area contributed by atoms with Gasteiger partial charge in [-0.2, -0.15) is 0 Å². The SMILES string of the molecule is Cc1ccccc1-c1cccnc1[N+](=O)[O-]. The van der Waals surface area contributed by atoms with Crippen LogP contribution in [0.2, 0.25) is 0 Å². The summed E-state index contributed by atoms with van der Waals surface area (Å²) < 4.78 is 0. The van der Waals surface area contributed by atoms with Crippen molar-refractivity contribution >= 4 is 5.82 Å². The van der Waals surface area contributed by atoms with Crippen molar-refractivity contribution in [2.24, 2.45) is 0 Å². The van der Waals surface area contributed by atoms with Crippen molar-refractivity contribution in [3.63, 3.8) is 0 Å². The largest absolute Gasteiger partial charge is 0.371 e. The van der Waals surface area contributed by atoms with Gasteiger partial charge in [-0.15, -0.1) is 0 Å². The number of pyridine rings is 1. The lowest BCUT2D eigenvalue weighted by molar-refractivity contribution is -0.388. The average molecular weight is 214 g/mol. The van der Waals surface area contributed by atoms with E-state index in [4.69, 9.17) is 0 Å². The van der Waals surface area contributed by atoms with Gasteiger partial charge in [-0.1, -0.05) is 24.3 Å². The highest BCUT2D eigenvalue weighted by Crippen LogP contribution is 2.29. The van der Waals surface area contributed by atoms with Crippen LogP contribution in [0.25, 0.3) is 11.1 Å². The second-order valence-corrected chi connectivity index (χ2v) is 3.45. The van der Waals surface area contributed by atoms with E-state index in [0.29, 0.717) is 5.56 Å². The summed E-state index contributed by atoms with van der Waals surface area (Å²) in [6, 6.07) is 11.0. The van der Waals surface area contributed by atoms with E-state index < -0.39 is 4.92 Å². The number of rotatable bonds is 2.